The van der Waals surface area contributed by atoms with Gasteiger partial charge in [0.1, 0.15) is 0 Å². The SMILES string of the molecule is CCOC(=O)[C@H](NC)C(=O)CC. The van der Waals surface area contributed by atoms with Gasteiger partial charge in [0.15, 0.2) is 11.8 Å². The Balaban J connectivity index is 4.14. The van der Waals surface area contributed by atoms with E-state index in [-0.39, 0.29) is 5.78 Å². The summed E-state index contributed by atoms with van der Waals surface area (Å²) in [5.41, 5.74) is 0. The van der Waals surface area contributed by atoms with Crippen LogP contribution in [0.1, 0.15) is 20.3 Å². The Morgan fingerprint density at radius 3 is 2.33 bits per heavy atom. The van der Waals surface area contributed by atoms with Crippen molar-refractivity contribution in [1.29, 1.82) is 0 Å². The van der Waals surface area contributed by atoms with Gasteiger partial charge in [-0.2, -0.15) is 0 Å². The third-order valence-corrected chi connectivity index (χ3v) is 1.48. The zero-order chi connectivity index (χ0) is 9.56. The number of likely N-dealkylation sites (N-methyl/N-ethyl adjacent to an activating group) is 1. The number of hydrogen-bond donors (Lipinski definition) is 1. The number of hydrogen-bond acceptors (Lipinski definition) is 4. The average molecular weight is 173 g/mol. The lowest BCUT2D eigenvalue weighted by molar-refractivity contribution is -0.148. The van der Waals surface area contributed by atoms with Crippen molar-refractivity contribution < 1.29 is 14.3 Å². The van der Waals surface area contributed by atoms with Gasteiger partial charge in [-0.25, -0.2) is 4.79 Å². The zero-order valence-electron chi connectivity index (χ0n) is 7.72. The Labute approximate surface area is 72.3 Å². The summed E-state index contributed by atoms with van der Waals surface area (Å²) in [5, 5.41) is 2.61. The van der Waals surface area contributed by atoms with Crippen LogP contribution in [0.25, 0.3) is 0 Å². The molecule has 4 heteroatoms. The smallest absolute Gasteiger partial charge is 0.330 e. The molecule has 0 rings (SSSR count). The van der Waals surface area contributed by atoms with Crippen LogP contribution in [0, 0.1) is 0 Å². The van der Waals surface area contributed by atoms with Gasteiger partial charge in [0.25, 0.3) is 0 Å². The van der Waals surface area contributed by atoms with Gasteiger partial charge < -0.3 is 10.1 Å². The molecular weight excluding hydrogens is 158 g/mol. The molecule has 0 saturated carbocycles. The molecule has 12 heavy (non-hydrogen) atoms. The molecule has 0 aliphatic heterocycles. The largest absolute Gasteiger partial charge is 0.464 e. The van der Waals surface area contributed by atoms with Crippen LogP contribution in [-0.4, -0.2) is 31.4 Å². The van der Waals surface area contributed by atoms with Gasteiger partial charge >= 0.3 is 5.97 Å². The molecule has 0 aromatic carbocycles. The number of ketones is 1. The molecule has 0 aliphatic carbocycles. The molecule has 0 bridgehead atoms. The van der Waals surface area contributed by atoms with Crippen molar-refractivity contribution in [2.24, 2.45) is 0 Å². The summed E-state index contributed by atoms with van der Waals surface area (Å²) < 4.78 is 4.70. The Kier molecular flexibility index (Phi) is 5.28. The monoisotopic (exact) mass is 173 g/mol. The van der Waals surface area contributed by atoms with E-state index in [9.17, 15) is 9.59 Å². The minimum Gasteiger partial charge on any atom is -0.464 e. The fourth-order valence-electron chi connectivity index (χ4n) is 0.840. The molecule has 0 spiro atoms. The van der Waals surface area contributed by atoms with Crippen molar-refractivity contribution in [3.8, 4) is 0 Å². The van der Waals surface area contributed by atoms with Crippen molar-refractivity contribution in [2.45, 2.75) is 26.3 Å². The number of carbonyl (C=O) groups is 2. The molecule has 1 N–H and O–H groups in total. The maximum atomic E-state index is 11.1. The summed E-state index contributed by atoms with van der Waals surface area (Å²) in [5.74, 6) is -0.636. The van der Waals surface area contributed by atoms with Crippen molar-refractivity contribution in [3.05, 3.63) is 0 Å². The lowest BCUT2D eigenvalue weighted by Crippen LogP contribution is -2.42. The molecule has 1 atom stereocenters. The minimum atomic E-state index is -0.796. The van der Waals surface area contributed by atoms with Crippen LogP contribution in [0.5, 0.6) is 0 Å². The molecule has 0 aromatic heterocycles. The Bertz CT molecular complexity index is 168. The third kappa shape index (κ3) is 3.00. The van der Waals surface area contributed by atoms with Crippen LogP contribution in [0.3, 0.4) is 0 Å². The molecular formula is C8H15NO3. The average Bonchev–Trinajstić information content (AvgIpc) is 2.06. The van der Waals surface area contributed by atoms with E-state index >= 15 is 0 Å². The van der Waals surface area contributed by atoms with Gasteiger partial charge in [-0.3, -0.25) is 4.79 Å². The molecule has 70 valence electrons. The number of rotatable bonds is 5. The summed E-state index contributed by atoms with van der Waals surface area (Å²) in [6.07, 6.45) is 0.338. The summed E-state index contributed by atoms with van der Waals surface area (Å²) in [7, 11) is 1.56. The maximum absolute atomic E-state index is 11.1. The highest BCUT2D eigenvalue weighted by Crippen LogP contribution is 1.94. The second-order valence-electron chi connectivity index (χ2n) is 2.29. The lowest BCUT2D eigenvalue weighted by Gasteiger charge is -2.11. The first-order valence-electron chi connectivity index (χ1n) is 4.03. The van der Waals surface area contributed by atoms with Crippen LogP contribution in [0.4, 0.5) is 0 Å². The van der Waals surface area contributed by atoms with Crippen LogP contribution in [0.2, 0.25) is 0 Å². The zero-order valence-corrected chi connectivity index (χ0v) is 7.72. The van der Waals surface area contributed by atoms with Crippen LogP contribution in [-0.2, 0) is 14.3 Å². The Morgan fingerprint density at radius 2 is 2.00 bits per heavy atom. The summed E-state index contributed by atoms with van der Waals surface area (Å²) in [6.45, 7) is 3.72. The van der Waals surface area contributed by atoms with Crippen LogP contribution in [0.15, 0.2) is 0 Å². The maximum Gasteiger partial charge on any atom is 0.330 e. The number of carbonyl (C=O) groups excluding carboxylic acids is 2. The summed E-state index contributed by atoms with van der Waals surface area (Å²) in [4.78, 5) is 22.2. The molecule has 0 radical (unpaired) electrons. The van der Waals surface area contributed by atoms with Gasteiger partial charge in [0.2, 0.25) is 0 Å². The normalized spacial score (nSPS) is 12.2. The van der Waals surface area contributed by atoms with Crippen molar-refractivity contribution in [1.82, 2.24) is 5.32 Å². The van der Waals surface area contributed by atoms with Gasteiger partial charge in [-0.1, -0.05) is 6.92 Å². The van der Waals surface area contributed by atoms with Gasteiger partial charge in [-0.05, 0) is 14.0 Å². The van der Waals surface area contributed by atoms with E-state index in [1.54, 1.807) is 20.9 Å². The van der Waals surface area contributed by atoms with E-state index in [0.29, 0.717) is 13.0 Å². The first-order chi connectivity index (χ1) is 5.67. The van der Waals surface area contributed by atoms with Crippen LogP contribution < -0.4 is 5.32 Å². The van der Waals surface area contributed by atoms with E-state index in [2.05, 4.69) is 5.32 Å². The van der Waals surface area contributed by atoms with E-state index in [4.69, 9.17) is 4.74 Å². The highest BCUT2D eigenvalue weighted by molar-refractivity contribution is 6.02. The minimum absolute atomic E-state index is 0.143. The van der Waals surface area contributed by atoms with Crippen molar-refractivity contribution in [3.63, 3.8) is 0 Å². The highest BCUT2D eigenvalue weighted by Gasteiger charge is 2.23. The quantitative estimate of drug-likeness (QED) is 0.474. The van der Waals surface area contributed by atoms with Crippen molar-refractivity contribution >= 4 is 11.8 Å². The highest BCUT2D eigenvalue weighted by atomic mass is 16.5. The van der Waals surface area contributed by atoms with Crippen LogP contribution >= 0.6 is 0 Å². The first kappa shape index (κ1) is 11.1. The van der Waals surface area contributed by atoms with E-state index in [1.807, 2.05) is 0 Å². The van der Waals surface area contributed by atoms with Crippen molar-refractivity contribution in [2.75, 3.05) is 13.7 Å². The number of esters is 1. The molecule has 0 aliphatic rings. The Morgan fingerprint density at radius 1 is 1.42 bits per heavy atom. The molecule has 0 saturated heterocycles. The predicted molar refractivity (Wildman–Crippen MR) is 44.8 cm³/mol. The third-order valence-electron chi connectivity index (χ3n) is 1.48. The summed E-state index contributed by atoms with van der Waals surface area (Å²) >= 11 is 0. The molecule has 4 nitrogen and oxygen atoms in total. The topological polar surface area (TPSA) is 55.4 Å². The second-order valence-corrected chi connectivity index (χ2v) is 2.29. The molecule has 0 unspecified atom stereocenters. The first-order valence-corrected chi connectivity index (χ1v) is 4.03. The number of ether oxygens (including phenoxy) is 1. The van der Waals surface area contributed by atoms with Gasteiger partial charge in [-0.15, -0.1) is 0 Å². The molecule has 0 heterocycles. The standard InChI is InChI=1S/C8H15NO3/c1-4-6(10)7(9-3)8(11)12-5-2/h7,9H,4-5H2,1-3H3/t7-/m1/s1. The molecule has 0 amide bonds. The Hall–Kier alpha value is -0.900. The predicted octanol–water partition coefficient (Wildman–Crippen LogP) is 0.117. The fourth-order valence-corrected chi connectivity index (χ4v) is 0.840. The lowest BCUT2D eigenvalue weighted by atomic mass is 10.1. The second kappa shape index (κ2) is 5.71. The summed E-state index contributed by atoms with van der Waals surface area (Å²) in [6, 6.07) is -0.796. The molecule has 0 fully saturated rings. The van der Waals surface area contributed by atoms with E-state index in [1.165, 1.54) is 0 Å². The van der Waals surface area contributed by atoms with E-state index in [0.717, 1.165) is 0 Å². The molecule has 0 aromatic rings. The number of nitrogens with one attached hydrogen (secondary N) is 1. The number of Topliss-reactive ketones (excluding diaryl/α,β-unsaturated/α-hetero) is 1. The fraction of sp³-hybridized carbons (Fsp3) is 0.750. The van der Waals surface area contributed by atoms with Gasteiger partial charge in [0, 0.05) is 6.42 Å². The van der Waals surface area contributed by atoms with Gasteiger partial charge in [0.05, 0.1) is 6.61 Å². The van der Waals surface area contributed by atoms with E-state index < -0.39 is 12.0 Å².